The van der Waals surface area contributed by atoms with Crippen molar-refractivity contribution in [1.82, 2.24) is 15.5 Å². The smallest absolute Gasteiger partial charge is 0.319 e. The number of hydrogen-bond donors (Lipinski definition) is 3. The van der Waals surface area contributed by atoms with Crippen LogP contribution in [0.5, 0.6) is 0 Å². The van der Waals surface area contributed by atoms with Gasteiger partial charge in [-0.3, -0.25) is 9.59 Å². The number of nitrogens with zero attached hydrogens (tertiary/aromatic N) is 1. The highest BCUT2D eigenvalue weighted by Crippen LogP contribution is 2.32. The molecular weight excluding hydrogens is 332 g/mol. The van der Waals surface area contributed by atoms with Gasteiger partial charge in [-0.15, -0.1) is 0 Å². The van der Waals surface area contributed by atoms with Gasteiger partial charge in [0.15, 0.2) is 0 Å². The van der Waals surface area contributed by atoms with Gasteiger partial charge in [-0.2, -0.15) is 0 Å². The van der Waals surface area contributed by atoms with Gasteiger partial charge in [0.1, 0.15) is 0 Å². The van der Waals surface area contributed by atoms with Gasteiger partial charge < -0.3 is 20.9 Å². The minimum atomic E-state index is -0.283. The van der Waals surface area contributed by atoms with E-state index >= 15 is 0 Å². The highest BCUT2D eigenvalue weighted by atomic mass is 16.2. The van der Waals surface area contributed by atoms with E-state index in [9.17, 15) is 14.4 Å². The van der Waals surface area contributed by atoms with E-state index in [4.69, 9.17) is 0 Å². The Balaban J connectivity index is 1.47. The lowest BCUT2D eigenvalue weighted by Crippen LogP contribution is -2.34. The molecule has 1 atom stereocenters. The normalized spacial score (nSPS) is 19.3. The molecular formula is C19H26N4O3. The molecule has 1 aromatic carbocycles. The van der Waals surface area contributed by atoms with Crippen LogP contribution in [-0.4, -0.2) is 48.9 Å². The fourth-order valence-corrected chi connectivity index (χ4v) is 3.32. The Morgan fingerprint density at radius 1 is 1.23 bits per heavy atom. The molecule has 1 aliphatic heterocycles. The Labute approximate surface area is 153 Å². The summed E-state index contributed by atoms with van der Waals surface area (Å²) in [6.07, 6.45) is 3.67. The summed E-state index contributed by atoms with van der Waals surface area (Å²) in [7, 11) is 1.61. The van der Waals surface area contributed by atoms with Crippen molar-refractivity contribution in [3.8, 4) is 0 Å². The number of hydrogen-bond acceptors (Lipinski definition) is 3. The third-order valence-electron chi connectivity index (χ3n) is 4.94. The number of benzene rings is 1. The summed E-state index contributed by atoms with van der Waals surface area (Å²) in [5.41, 5.74) is 1.62. The number of rotatable bonds is 7. The molecule has 7 nitrogen and oxygen atoms in total. The lowest BCUT2D eigenvalue weighted by molar-refractivity contribution is -0.128. The van der Waals surface area contributed by atoms with Gasteiger partial charge in [0, 0.05) is 50.6 Å². The monoisotopic (exact) mass is 358 g/mol. The molecule has 2 fully saturated rings. The van der Waals surface area contributed by atoms with Crippen LogP contribution in [-0.2, 0) is 16.0 Å². The molecule has 3 N–H and O–H groups in total. The fraction of sp³-hybridized carbons (Fsp3) is 0.526. The van der Waals surface area contributed by atoms with Gasteiger partial charge in [-0.05, 0) is 30.9 Å². The summed E-state index contributed by atoms with van der Waals surface area (Å²) < 4.78 is 0. The van der Waals surface area contributed by atoms with Crippen LogP contribution < -0.4 is 16.0 Å². The van der Waals surface area contributed by atoms with Crippen molar-refractivity contribution < 1.29 is 14.4 Å². The topological polar surface area (TPSA) is 90.5 Å². The van der Waals surface area contributed by atoms with Gasteiger partial charge in [0.25, 0.3) is 0 Å². The number of likely N-dealkylation sites (tertiary alicyclic amines) is 1. The second-order valence-electron chi connectivity index (χ2n) is 7.01. The Bertz CT molecular complexity index is 687. The zero-order chi connectivity index (χ0) is 18.5. The molecule has 2 aliphatic rings. The summed E-state index contributed by atoms with van der Waals surface area (Å²) in [5, 5.41) is 8.32. The molecule has 0 radical (unpaired) electrons. The minimum Gasteiger partial charge on any atom is -0.359 e. The molecule has 26 heavy (non-hydrogen) atoms. The second-order valence-corrected chi connectivity index (χ2v) is 7.01. The first-order chi connectivity index (χ1) is 12.6. The van der Waals surface area contributed by atoms with Crippen LogP contribution in [0.2, 0.25) is 0 Å². The molecule has 1 saturated heterocycles. The molecule has 3 rings (SSSR count). The van der Waals surface area contributed by atoms with E-state index in [0.29, 0.717) is 37.5 Å². The maximum Gasteiger partial charge on any atom is 0.319 e. The van der Waals surface area contributed by atoms with Gasteiger partial charge in [0.05, 0.1) is 0 Å². The van der Waals surface area contributed by atoms with Crippen molar-refractivity contribution in [2.75, 3.05) is 25.5 Å². The van der Waals surface area contributed by atoms with Crippen molar-refractivity contribution in [3.63, 3.8) is 0 Å². The Kier molecular flexibility index (Phi) is 5.75. The summed E-state index contributed by atoms with van der Waals surface area (Å²) in [6.45, 7) is 1.23. The highest BCUT2D eigenvalue weighted by molar-refractivity contribution is 5.90. The van der Waals surface area contributed by atoms with Crippen molar-refractivity contribution in [2.24, 2.45) is 5.92 Å². The lowest BCUT2D eigenvalue weighted by atomic mass is 10.1. The van der Waals surface area contributed by atoms with Gasteiger partial charge in [-0.25, -0.2) is 4.79 Å². The molecule has 1 saturated carbocycles. The maximum atomic E-state index is 12.2. The Morgan fingerprint density at radius 2 is 2.00 bits per heavy atom. The molecule has 0 unspecified atom stereocenters. The lowest BCUT2D eigenvalue weighted by Gasteiger charge is -2.16. The first-order valence-electron chi connectivity index (χ1n) is 9.19. The molecule has 0 spiro atoms. The zero-order valence-electron chi connectivity index (χ0n) is 15.1. The minimum absolute atomic E-state index is 0.0321. The van der Waals surface area contributed by atoms with Crippen molar-refractivity contribution in [2.45, 2.75) is 38.1 Å². The second kappa shape index (κ2) is 8.21. The standard InChI is InChI=1S/C19H26N4O3/c1-20-17(24)9-6-14-4-2-3-5-16(14)22-19(26)21-11-13-10-18(25)23(12-13)15-7-8-15/h2-5,13,15H,6-12H2,1H3,(H,20,24)(H2,21,22,26)/t13-/m1/s1. The number of carbonyl (C=O) groups is 3. The molecule has 0 bridgehead atoms. The molecule has 1 aromatic rings. The average molecular weight is 358 g/mol. The van der Waals surface area contributed by atoms with E-state index in [1.54, 1.807) is 7.05 Å². The number of anilines is 1. The van der Waals surface area contributed by atoms with Crippen molar-refractivity contribution >= 4 is 23.5 Å². The van der Waals surface area contributed by atoms with Crippen molar-refractivity contribution in [1.29, 1.82) is 0 Å². The van der Waals surface area contributed by atoms with Crippen LogP contribution in [0.4, 0.5) is 10.5 Å². The number of para-hydroxylation sites is 1. The first kappa shape index (κ1) is 18.2. The van der Waals surface area contributed by atoms with Crippen LogP contribution in [0.1, 0.15) is 31.2 Å². The van der Waals surface area contributed by atoms with E-state index in [1.807, 2.05) is 29.2 Å². The van der Waals surface area contributed by atoms with Gasteiger partial charge >= 0.3 is 6.03 Å². The van der Waals surface area contributed by atoms with Crippen LogP contribution in [0, 0.1) is 5.92 Å². The number of aryl methyl sites for hydroxylation is 1. The molecule has 1 aliphatic carbocycles. The van der Waals surface area contributed by atoms with Crippen LogP contribution in [0.15, 0.2) is 24.3 Å². The largest absolute Gasteiger partial charge is 0.359 e. The van der Waals surface area contributed by atoms with E-state index in [-0.39, 0.29) is 23.8 Å². The first-order valence-corrected chi connectivity index (χ1v) is 9.19. The van der Waals surface area contributed by atoms with Crippen molar-refractivity contribution in [3.05, 3.63) is 29.8 Å². The van der Waals surface area contributed by atoms with E-state index in [0.717, 1.165) is 24.9 Å². The van der Waals surface area contributed by atoms with Gasteiger partial charge in [-0.1, -0.05) is 18.2 Å². The molecule has 1 heterocycles. The number of urea groups is 1. The molecule has 4 amide bonds. The van der Waals surface area contributed by atoms with Crippen LogP contribution in [0.3, 0.4) is 0 Å². The van der Waals surface area contributed by atoms with Crippen LogP contribution in [0.25, 0.3) is 0 Å². The summed E-state index contributed by atoms with van der Waals surface area (Å²) in [4.78, 5) is 37.6. The van der Waals surface area contributed by atoms with E-state index in [1.165, 1.54) is 0 Å². The van der Waals surface area contributed by atoms with Crippen LogP contribution >= 0.6 is 0 Å². The Hall–Kier alpha value is -2.57. The zero-order valence-corrected chi connectivity index (χ0v) is 15.1. The summed E-state index contributed by atoms with van der Waals surface area (Å²) >= 11 is 0. The summed E-state index contributed by atoms with van der Waals surface area (Å²) in [5.74, 6) is 0.354. The molecule has 0 aromatic heterocycles. The molecule has 7 heteroatoms. The Morgan fingerprint density at radius 3 is 2.73 bits per heavy atom. The predicted octanol–water partition coefficient (Wildman–Crippen LogP) is 1.50. The number of amides is 4. The third-order valence-corrected chi connectivity index (χ3v) is 4.94. The van der Waals surface area contributed by atoms with Gasteiger partial charge in [0.2, 0.25) is 11.8 Å². The SMILES string of the molecule is CNC(=O)CCc1ccccc1NC(=O)NC[C@H]1CC(=O)N(C2CC2)C1. The number of nitrogens with one attached hydrogen (secondary N) is 3. The quantitative estimate of drug-likeness (QED) is 0.690. The van der Waals surface area contributed by atoms with E-state index < -0.39 is 0 Å². The predicted molar refractivity (Wildman–Crippen MR) is 98.7 cm³/mol. The highest BCUT2D eigenvalue weighted by Gasteiger charge is 2.39. The fourth-order valence-electron chi connectivity index (χ4n) is 3.32. The third kappa shape index (κ3) is 4.74. The molecule has 140 valence electrons. The summed E-state index contributed by atoms with van der Waals surface area (Å²) in [6, 6.07) is 7.62. The van der Waals surface area contributed by atoms with E-state index in [2.05, 4.69) is 16.0 Å². The number of carbonyl (C=O) groups excluding carboxylic acids is 3. The average Bonchev–Trinajstić information content (AvgIpc) is 3.41. The maximum absolute atomic E-state index is 12.2.